The van der Waals surface area contributed by atoms with E-state index in [1.165, 1.54) is 0 Å². The van der Waals surface area contributed by atoms with Crippen LogP contribution in [0.2, 0.25) is 0 Å². The number of aromatic nitrogens is 2. The highest BCUT2D eigenvalue weighted by Crippen LogP contribution is 2.24. The first-order valence-corrected chi connectivity index (χ1v) is 7.70. The van der Waals surface area contributed by atoms with Gasteiger partial charge in [0.2, 0.25) is 0 Å². The van der Waals surface area contributed by atoms with Gasteiger partial charge in [0.05, 0.1) is 17.2 Å². The highest BCUT2D eigenvalue weighted by Gasteiger charge is 2.16. The van der Waals surface area contributed by atoms with Gasteiger partial charge in [-0.1, -0.05) is 32.0 Å². The molecule has 0 spiro atoms. The number of rotatable bonds is 4. The van der Waals surface area contributed by atoms with Crippen LogP contribution >= 0.6 is 11.3 Å². The second-order valence-electron chi connectivity index (χ2n) is 5.31. The van der Waals surface area contributed by atoms with Crippen LogP contribution in [0.15, 0.2) is 35.7 Å². The Balaban J connectivity index is 2.05. The molecular weight excluding hydrogens is 284 g/mol. The van der Waals surface area contributed by atoms with Gasteiger partial charge in [0.15, 0.2) is 0 Å². The molecule has 21 heavy (non-hydrogen) atoms. The predicted octanol–water partition coefficient (Wildman–Crippen LogP) is 3.97. The second-order valence-corrected chi connectivity index (χ2v) is 6.20. The summed E-state index contributed by atoms with van der Waals surface area (Å²) in [5, 5.41) is 13.4. The summed E-state index contributed by atoms with van der Waals surface area (Å²) in [6, 6.07) is 9.42. The number of carboxylic acid groups (broad SMARTS) is 1. The quantitative estimate of drug-likeness (QED) is 0.793. The van der Waals surface area contributed by atoms with Crippen LogP contribution in [-0.2, 0) is 6.54 Å². The van der Waals surface area contributed by atoms with Crippen LogP contribution in [0.3, 0.4) is 0 Å². The van der Waals surface area contributed by atoms with Gasteiger partial charge in [-0.05, 0) is 12.1 Å². The van der Waals surface area contributed by atoms with E-state index in [2.05, 4.69) is 18.8 Å². The maximum absolute atomic E-state index is 11.5. The highest BCUT2D eigenvalue weighted by atomic mass is 32.1. The number of fused-ring (bicyclic) bond motifs is 1. The zero-order chi connectivity index (χ0) is 15.0. The lowest BCUT2D eigenvalue weighted by Gasteiger charge is -2.06. The molecular formula is C16H16N2O2S. The zero-order valence-electron chi connectivity index (χ0n) is 11.9. The third-order valence-electron chi connectivity index (χ3n) is 3.41. The molecule has 0 aliphatic rings. The number of carboxylic acids is 1. The first kappa shape index (κ1) is 13.8. The van der Waals surface area contributed by atoms with Crippen LogP contribution in [0.25, 0.3) is 10.9 Å². The van der Waals surface area contributed by atoms with E-state index in [1.54, 1.807) is 17.4 Å². The lowest BCUT2D eigenvalue weighted by atomic mass is 10.2. The minimum atomic E-state index is -0.912. The Morgan fingerprint density at radius 3 is 2.81 bits per heavy atom. The summed E-state index contributed by atoms with van der Waals surface area (Å²) in [7, 11) is 0. The van der Waals surface area contributed by atoms with E-state index in [4.69, 9.17) is 0 Å². The number of para-hydroxylation sites is 1. The topological polar surface area (TPSA) is 55.1 Å². The molecule has 3 aromatic rings. The van der Waals surface area contributed by atoms with Gasteiger partial charge >= 0.3 is 5.97 Å². The first-order chi connectivity index (χ1) is 10.1. The van der Waals surface area contributed by atoms with Crippen LogP contribution < -0.4 is 0 Å². The summed E-state index contributed by atoms with van der Waals surface area (Å²) in [4.78, 5) is 16.1. The predicted molar refractivity (Wildman–Crippen MR) is 84.2 cm³/mol. The Morgan fingerprint density at radius 1 is 1.38 bits per heavy atom. The molecule has 1 aromatic carbocycles. The van der Waals surface area contributed by atoms with Crippen molar-refractivity contribution < 1.29 is 9.90 Å². The van der Waals surface area contributed by atoms with Gasteiger partial charge in [-0.15, -0.1) is 11.3 Å². The standard InChI is InChI=1S/C16H16N2O2S/c1-10(2)15-17-12(9-21-15)8-18-13-6-4-3-5-11(13)7-14(18)16(19)20/h3-7,9-10H,8H2,1-2H3,(H,19,20). The van der Waals surface area contributed by atoms with Gasteiger partial charge in [0, 0.05) is 22.2 Å². The molecule has 0 radical (unpaired) electrons. The van der Waals surface area contributed by atoms with Gasteiger partial charge in [-0.3, -0.25) is 0 Å². The zero-order valence-corrected chi connectivity index (χ0v) is 12.7. The maximum atomic E-state index is 11.5. The second kappa shape index (κ2) is 5.33. The van der Waals surface area contributed by atoms with Crippen LogP contribution in [0.4, 0.5) is 0 Å². The molecule has 5 heteroatoms. The summed E-state index contributed by atoms with van der Waals surface area (Å²) in [6.45, 7) is 4.70. The molecule has 2 aromatic heterocycles. The third kappa shape index (κ3) is 2.56. The first-order valence-electron chi connectivity index (χ1n) is 6.82. The van der Waals surface area contributed by atoms with Gasteiger partial charge in [-0.25, -0.2) is 9.78 Å². The summed E-state index contributed by atoms with van der Waals surface area (Å²) in [5.74, 6) is -0.519. The van der Waals surface area contributed by atoms with E-state index < -0.39 is 5.97 Å². The van der Waals surface area contributed by atoms with E-state index in [1.807, 2.05) is 34.2 Å². The lowest BCUT2D eigenvalue weighted by Crippen LogP contribution is -2.09. The number of aromatic carboxylic acids is 1. The largest absolute Gasteiger partial charge is 0.477 e. The number of nitrogens with zero attached hydrogens (tertiary/aromatic N) is 2. The van der Waals surface area contributed by atoms with Crippen molar-refractivity contribution in [2.45, 2.75) is 26.3 Å². The third-order valence-corrected chi connectivity index (χ3v) is 4.61. The number of hydrogen-bond donors (Lipinski definition) is 1. The highest BCUT2D eigenvalue weighted by molar-refractivity contribution is 7.09. The molecule has 0 saturated heterocycles. The van der Waals surface area contributed by atoms with Crippen LogP contribution in [0, 0.1) is 0 Å². The summed E-state index contributed by atoms with van der Waals surface area (Å²) in [5.41, 5.74) is 2.14. The minimum absolute atomic E-state index is 0.301. The monoisotopic (exact) mass is 300 g/mol. The molecule has 0 fully saturated rings. The molecule has 0 bridgehead atoms. The van der Waals surface area contributed by atoms with E-state index in [0.29, 0.717) is 18.2 Å². The van der Waals surface area contributed by atoms with Crippen molar-refractivity contribution in [1.29, 1.82) is 0 Å². The van der Waals surface area contributed by atoms with E-state index in [0.717, 1.165) is 21.6 Å². The van der Waals surface area contributed by atoms with E-state index in [9.17, 15) is 9.90 Å². The molecule has 0 saturated carbocycles. The molecule has 0 amide bonds. The molecule has 4 nitrogen and oxygen atoms in total. The normalized spacial score (nSPS) is 11.4. The fourth-order valence-corrected chi connectivity index (χ4v) is 3.21. The van der Waals surface area contributed by atoms with Crippen LogP contribution in [0.5, 0.6) is 0 Å². The van der Waals surface area contributed by atoms with Gasteiger partial charge < -0.3 is 9.67 Å². The molecule has 0 atom stereocenters. The van der Waals surface area contributed by atoms with Gasteiger partial charge in [0.1, 0.15) is 5.69 Å². The average Bonchev–Trinajstić information content (AvgIpc) is 3.05. The fourth-order valence-electron chi connectivity index (χ4n) is 2.38. The Morgan fingerprint density at radius 2 is 2.14 bits per heavy atom. The fraction of sp³-hybridized carbons (Fsp3) is 0.250. The molecule has 0 unspecified atom stereocenters. The minimum Gasteiger partial charge on any atom is -0.477 e. The van der Waals surface area contributed by atoms with Crippen molar-refractivity contribution in [1.82, 2.24) is 9.55 Å². The smallest absolute Gasteiger partial charge is 0.352 e. The number of hydrogen-bond acceptors (Lipinski definition) is 3. The van der Waals surface area contributed by atoms with Crippen molar-refractivity contribution in [2.75, 3.05) is 0 Å². The van der Waals surface area contributed by atoms with Crippen molar-refractivity contribution in [3.63, 3.8) is 0 Å². The number of benzene rings is 1. The summed E-state index contributed by atoms with van der Waals surface area (Å²) < 4.78 is 1.82. The molecule has 2 heterocycles. The molecule has 0 aliphatic carbocycles. The van der Waals surface area contributed by atoms with E-state index in [-0.39, 0.29) is 0 Å². The SMILES string of the molecule is CC(C)c1nc(Cn2c(C(=O)O)cc3ccccc32)cs1. The van der Waals surface area contributed by atoms with Crippen molar-refractivity contribution in [3.8, 4) is 0 Å². The van der Waals surface area contributed by atoms with Crippen LogP contribution in [0.1, 0.15) is 41.0 Å². The van der Waals surface area contributed by atoms with E-state index >= 15 is 0 Å². The van der Waals surface area contributed by atoms with Crippen LogP contribution in [-0.4, -0.2) is 20.6 Å². The Hall–Kier alpha value is -2.14. The van der Waals surface area contributed by atoms with Gasteiger partial charge in [-0.2, -0.15) is 0 Å². The Labute approximate surface area is 126 Å². The van der Waals surface area contributed by atoms with Crippen molar-refractivity contribution in [3.05, 3.63) is 52.1 Å². The summed E-state index contributed by atoms with van der Waals surface area (Å²) >= 11 is 1.63. The molecule has 0 aliphatic heterocycles. The maximum Gasteiger partial charge on any atom is 0.352 e. The average molecular weight is 300 g/mol. The Kier molecular flexibility index (Phi) is 3.51. The van der Waals surface area contributed by atoms with Crippen molar-refractivity contribution in [2.24, 2.45) is 0 Å². The number of thiazole rings is 1. The lowest BCUT2D eigenvalue weighted by molar-refractivity contribution is 0.0686. The van der Waals surface area contributed by atoms with Crippen molar-refractivity contribution >= 4 is 28.2 Å². The molecule has 3 rings (SSSR count). The number of carbonyl (C=O) groups is 1. The molecule has 108 valence electrons. The van der Waals surface area contributed by atoms with Gasteiger partial charge in [0.25, 0.3) is 0 Å². The summed E-state index contributed by atoms with van der Waals surface area (Å²) in [6.07, 6.45) is 0. The Bertz CT molecular complexity index is 802. The molecule has 1 N–H and O–H groups in total.